The molecule has 0 N–H and O–H groups in total. The molecule has 2 aliphatic heterocycles. The summed E-state index contributed by atoms with van der Waals surface area (Å²) < 4.78 is 20.8. The van der Waals surface area contributed by atoms with Crippen molar-refractivity contribution in [2.45, 2.75) is 31.6 Å². The quantitative estimate of drug-likeness (QED) is 0.389. The molecule has 0 bridgehead atoms. The lowest BCUT2D eigenvalue weighted by molar-refractivity contribution is -0.516. The summed E-state index contributed by atoms with van der Waals surface area (Å²) in [5.41, 5.74) is 0.781. The fraction of sp³-hybridized carbons (Fsp3) is 0.538. The van der Waals surface area contributed by atoms with Crippen LogP contribution in [-0.2, 0) is 9.47 Å². The Labute approximate surface area is 130 Å². The predicted octanol–water partition coefficient (Wildman–Crippen LogP) is 0.756. The Bertz CT molecular complexity index is 636. The minimum Gasteiger partial charge on any atom is -0.487 e. The number of rotatable bonds is 8. The van der Waals surface area contributed by atoms with Crippen LogP contribution in [0.15, 0.2) is 18.2 Å². The van der Waals surface area contributed by atoms with Crippen LogP contribution in [0.5, 0.6) is 11.5 Å². The first kappa shape index (κ1) is 15.4. The molecule has 1 aromatic rings. The SMILES string of the molecule is Cc1cccc(OCC2OC2[N+](=O)[O-])c1OCC1OC1[N+](=O)[O-]. The van der Waals surface area contributed by atoms with Crippen molar-refractivity contribution in [2.75, 3.05) is 13.2 Å². The highest BCUT2D eigenvalue weighted by Gasteiger charge is 2.52. The van der Waals surface area contributed by atoms with Crippen LogP contribution in [0.4, 0.5) is 0 Å². The van der Waals surface area contributed by atoms with Crippen LogP contribution < -0.4 is 9.47 Å². The maximum Gasteiger partial charge on any atom is 0.346 e. The molecule has 4 atom stereocenters. The molecule has 23 heavy (non-hydrogen) atoms. The van der Waals surface area contributed by atoms with Crippen LogP contribution in [-0.4, -0.2) is 47.7 Å². The van der Waals surface area contributed by atoms with Gasteiger partial charge >= 0.3 is 12.5 Å². The van der Waals surface area contributed by atoms with Crippen LogP contribution in [0.3, 0.4) is 0 Å². The molecular weight excluding hydrogens is 312 g/mol. The average molecular weight is 326 g/mol. The van der Waals surface area contributed by atoms with E-state index in [0.29, 0.717) is 11.5 Å². The topological polar surface area (TPSA) is 130 Å². The Kier molecular flexibility index (Phi) is 4.01. The summed E-state index contributed by atoms with van der Waals surface area (Å²) in [5.74, 6) is 0.837. The number of aryl methyl sites for hydroxylation is 1. The number of nitro groups is 2. The first-order chi connectivity index (χ1) is 11.0. The first-order valence-corrected chi connectivity index (χ1v) is 6.90. The lowest BCUT2D eigenvalue weighted by Gasteiger charge is -2.13. The maximum absolute atomic E-state index is 10.5. The third kappa shape index (κ3) is 3.48. The Morgan fingerprint density at radius 3 is 2.13 bits per heavy atom. The molecule has 2 fully saturated rings. The highest BCUT2D eigenvalue weighted by Crippen LogP contribution is 2.34. The van der Waals surface area contributed by atoms with E-state index in [9.17, 15) is 20.2 Å². The second-order valence-electron chi connectivity index (χ2n) is 5.23. The summed E-state index contributed by atoms with van der Waals surface area (Å²) in [6, 6.07) is 5.21. The van der Waals surface area contributed by atoms with Crippen molar-refractivity contribution in [1.29, 1.82) is 0 Å². The molecule has 0 aromatic heterocycles. The largest absolute Gasteiger partial charge is 0.487 e. The fourth-order valence-corrected chi connectivity index (χ4v) is 2.14. The number of hydrogen-bond donors (Lipinski definition) is 0. The number of hydrogen-bond acceptors (Lipinski definition) is 8. The van der Waals surface area contributed by atoms with Gasteiger partial charge < -0.3 is 9.47 Å². The summed E-state index contributed by atoms with van der Waals surface area (Å²) >= 11 is 0. The maximum atomic E-state index is 10.5. The van der Waals surface area contributed by atoms with Crippen LogP contribution >= 0.6 is 0 Å². The smallest absolute Gasteiger partial charge is 0.346 e. The van der Waals surface area contributed by atoms with Gasteiger partial charge in [-0.2, -0.15) is 0 Å². The molecule has 10 heteroatoms. The Morgan fingerprint density at radius 1 is 1.04 bits per heavy atom. The first-order valence-electron chi connectivity index (χ1n) is 6.90. The van der Waals surface area contributed by atoms with E-state index in [2.05, 4.69) is 0 Å². The second-order valence-corrected chi connectivity index (χ2v) is 5.23. The number of benzene rings is 1. The zero-order valence-electron chi connectivity index (χ0n) is 12.1. The van der Waals surface area contributed by atoms with E-state index in [4.69, 9.17) is 18.9 Å². The summed E-state index contributed by atoms with van der Waals surface area (Å²) in [5, 5.41) is 21.0. The number of nitrogens with zero attached hydrogens (tertiary/aromatic N) is 2. The normalized spacial score (nSPS) is 28.0. The van der Waals surface area contributed by atoms with E-state index in [1.165, 1.54) is 0 Å². The molecule has 2 heterocycles. The zero-order valence-corrected chi connectivity index (χ0v) is 12.1. The van der Waals surface area contributed by atoms with Gasteiger partial charge in [-0.3, -0.25) is 29.7 Å². The number of ether oxygens (including phenoxy) is 4. The van der Waals surface area contributed by atoms with Crippen LogP contribution in [0.2, 0.25) is 0 Å². The van der Waals surface area contributed by atoms with Crippen molar-refractivity contribution in [1.82, 2.24) is 0 Å². The second kappa shape index (κ2) is 5.97. The molecule has 2 saturated heterocycles. The highest BCUT2D eigenvalue weighted by atomic mass is 16.7. The number of epoxide rings is 2. The highest BCUT2D eigenvalue weighted by molar-refractivity contribution is 5.46. The predicted molar refractivity (Wildman–Crippen MR) is 73.5 cm³/mol. The van der Waals surface area contributed by atoms with E-state index in [1.54, 1.807) is 25.1 Å². The third-order valence-electron chi connectivity index (χ3n) is 3.50. The molecule has 0 aliphatic carbocycles. The molecule has 0 spiro atoms. The molecule has 3 rings (SSSR count). The summed E-state index contributed by atoms with van der Waals surface area (Å²) in [6.45, 7) is 1.86. The van der Waals surface area contributed by atoms with Gasteiger partial charge in [0.1, 0.15) is 13.2 Å². The van der Waals surface area contributed by atoms with Gasteiger partial charge in [0.2, 0.25) is 0 Å². The lowest BCUT2D eigenvalue weighted by Crippen LogP contribution is -2.15. The van der Waals surface area contributed by atoms with Gasteiger partial charge in [-0.1, -0.05) is 12.1 Å². The van der Waals surface area contributed by atoms with Crippen LogP contribution in [0, 0.1) is 27.2 Å². The van der Waals surface area contributed by atoms with E-state index < -0.39 is 34.5 Å². The molecular formula is C13H14N2O8. The molecule has 4 unspecified atom stereocenters. The van der Waals surface area contributed by atoms with Gasteiger partial charge in [0.05, 0.1) is 9.85 Å². The Hall–Kier alpha value is -2.46. The van der Waals surface area contributed by atoms with Crippen molar-refractivity contribution >= 4 is 0 Å². The van der Waals surface area contributed by atoms with E-state index in [0.717, 1.165) is 5.56 Å². The van der Waals surface area contributed by atoms with Gasteiger partial charge in [0.15, 0.2) is 23.7 Å². The van der Waals surface area contributed by atoms with Crippen molar-refractivity contribution < 1.29 is 28.8 Å². The standard InChI is InChI=1S/C13H14N2O8/c1-7-3-2-4-8(20-5-9-12(22-9)14(16)17)11(7)21-6-10-13(23-10)15(18)19/h2-4,9-10,12-13H,5-6H2,1H3. The summed E-state index contributed by atoms with van der Waals surface area (Å²) in [6.07, 6.45) is -3.21. The molecule has 124 valence electrons. The molecule has 0 radical (unpaired) electrons. The molecule has 1 aromatic carbocycles. The monoisotopic (exact) mass is 326 g/mol. The Balaban J connectivity index is 1.57. The molecule has 2 aliphatic rings. The molecule has 10 nitrogen and oxygen atoms in total. The summed E-state index contributed by atoms with van der Waals surface area (Å²) in [4.78, 5) is 20.0. The molecule has 0 amide bonds. The van der Waals surface area contributed by atoms with Crippen molar-refractivity contribution in [3.05, 3.63) is 44.0 Å². The van der Waals surface area contributed by atoms with Gasteiger partial charge in [0.25, 0.3) is 0 Å². The third-order valence-corrected chi connectivity index (χ3v) is 3.50. The van der Waals surface area contributed by atoms with Crippen molar-refractivity contribution in [3.8, 4) is 11.5 Å². The van der Waals surface area contributed by atoms with Gasteiger partial charge in [-0.15, -0.1) is 0 Å². The summed E-state index contributed by atoms with van der Waals surface area (Å²) in [7, 11) is 0. The van der Waals surface area contributed by atoms with E-state index >= 15 is 0 Å². The average Bonchev–Trinajstić information content (AvgIpc) is 3.37. The number of para-hydroxylation sites is 1. The van der Waals surface area contributed by atoms with Crippen LogP contribution in [0.25, 0.3) is 0 Å². The molecule has 0 saturated carbocycles. The minimum absolute atomic E-state index is 0.0307. The zero-order chi connectivity index (χ0) is 16.6. The van der Waals surface area contributed by atoms with Crippen molar-refractivity contribution in [2.24, 2.45) is 0 Å². The Morgan fingerprint density at radius 2 is 1.61 bits per heavy atom. The van der Waals surface area contributed by atoms with Gasteiger partial charge in [-0.05, 0) is 18.6 Å². The lowest BCUT2D eigenvalue weighted by atomic mass is 10.2. The van der Waals surface area contributed by atoms with Crippen LogP contribution in [0.1, 0.15) is 5.56 Å². The minimum atomic E-state index is -1.02. The van der Waals surface area contributed by atoms with Gasteiger partial charge in [0, 0.05) is 0 Å². The van der Waals surface area contributed by atoms with E-state index in [-0.39, 0.29) is 13.2 Å². The van der Waals surface area contributed by atoms with Gasteiger partial charge in [-0.25, -0.2) is 0 Å². The van der Waals surface area contributed by atoms with E-state index in [1.807, 2.05) is 0 Å². The van der Waals surface area contributed by atoms with Crippen molar-refractivity contribution in [3.63, 3.8) is 0 Å². The fourth-order valence-electron chi connectivity index (χ4n) is 2.14.